The Morgan fingerprint density at radius 2 is 1.83 bits per heavy atom. The monoisotopic (exact) mass is 169 g/mol. The van der Waals surface area contributed by atoms with Crippen molar-refractivity contribution in [3.05, 3.63) is 24.3 Å². The highest BCUT2D eigenvalue weighted by Crippen LogP contribution is 2.15. The normalized spacial score (nSPS) is 9.75. The fourth-order valence-corrected chi connectivity index (χ4v) is 0.750. The number of rotatable bonds is 4. The lowest BCUT2D eigenvalue weighted by Gasteiger charge is -2.03. The topological polar surface area (TPSA) is 64.7 Å². The Labute approximate surface area is 70.5 Å². The molecule has 1 aromatic rings. The quantitative estimate of drug-likeness (QED) is 0.513. The van der Waals surface area contributed by atoms with E-state index in [2.05, 4.69) is 4.84 Å². The van der Waals surface area contributed by atoms with E-state index < -0.39 is 0 Å². The van der Waals surface area contributed by atoms with E-state index in [4.69, 9.17) is 15.7 Å². The summed E-state index contributed by atoms with van der Waals surface area (Å²) in [5.74, 6) is 5.70. The van der Waals surface area contributed by atoms with Crippen molar-refractivity contribution in [2.24, 2.45) is 5.90 Å². The van der Waals surface area contributed by atoms with Crippen LogP contribution in [0.15, 0.2) is 24.3 Å². The summed E-state index contributed by atoms with van der Waals surface area (Å²) in [6, 6.07) is 6.45. The van der Waals surface area contributed by atoms with Crippen LogP contribution in [0.2, 0.25) is 0 Å². The SMILES string of the molecule is NOCCOc1ccc(O)cc1. The average molecular weight is 169 g/mol. The molecule has 66 valence electrons. The van der Waals surface area contributed by atoms with E-state index in [0.29, 0.717) is 19.0 Å². The van der Waals surface area contributed by atoms with Gasteiger partial charge in [-0.25, -0.2) is 5.90 Å². The molecule has 4 nitrogen and oxygen atoms in total. The highest BCUT2D eigenvalue weighted by molar-refractivity contribution is 5.29. The Hall–Kier alpha value is -1.26. The predicted molar refractivity (Wildman–Crippen MR) is 43.7 cm³/mol. The lowest BCUT2D eigenvalue weighted by Crippen LogP contribution is -2.09. The molecule has 0 fully saturated rings. The number of phenolic OH excluding ortho intramolecular Hbond substituents is 1. The van der Waals surface area contributed by atoms with E-state index in [0.717, 1.165) is 0 Å². The van der Waals surface area contributed by atoms with Crippen molar-refractivity contribution in [3.8, 4) is 11.5 Å². The molecule has 1 aromatic carbocycles. The molecule has 0 aromatic heterocycles. The summed E-state index contributed by atoms with van der Waals surface area (Å²) in [5.41, 5.74) is 0. The third-order valence-electron chi connectivity index (χ3n) is 1.31. The standard InChI is InChI=1S/C8H11NO3/c9-12-6-5-11-8-3-1-7(10)2-4-8/h1-4,10H,5-6,9H2. The lowest BCUT2D eigenvalue weighted by molar-refractivity contribution is 0.102. The van der Waals surface area contributed by atoms with E-state index in [1.807, 2.05) is 0 Å². The van der Waals surface area contributed by atoms with Gasteiger partial charge in [-0.1, -0.05) is 0 Å². The number of hydrogen-bond acceptors (Lipinski definition) is 4. The summed E-state index contributed by atoms with van der Waals surface area (Å²) < 4.78 is 5.19. The third kappa shape index (κ3) is 2.77. The molecule has 4 heteroatoms. The molecular weight excluding hydrogens is 158 g/mol. The van der Waals surface area contributed by atoms with Crippen molar-refractivity contribution in [2.45, 2.75) is 0 Å². The summed E-state index contributed by atoms with van der Waals surface area (Å²) in [5, 5.41) is 8.93. The molecule has 0 bridgehead atoms. The van der Waals surface area contributed by atoms with E-state index in [1.54, 1.807) is 24.3 Å². The number of aromatic hydroxyl groups is 1. The fourth-order valence-electron chi connectivity index (χ4n) is 0.750. The molecule has 0 heterocycles. The van der Waals surface area contributed by atoms with Crippen LogP contribution in [0.4, 0.5) is 0 Å². The molecule has 0 unspecified atom stereocenters. The molecule has 0 aliphatic heterocycles. The number of phenols is 1. The van der Waals surface area contributed by atoms with Crippen LogP contribution in [0, 0.1) is 0 Å². The molecule has 0 aliphatic carbocycles. The zero-order valence-corrected chi connectivity index (χ0v) is 6.56. The molecule has 0 atom stereocenters. The van der Waals surface area contributed by atoms with Crippen LogP contribution in [0.25, 0.3) is 0 Å². The van der Waals surface area contributed by atoms with Crippen LogP contribution in [0.3, 0.4) is 0 Å². The molecular formula is C8H11NO3. The number of nitrogens with two attached hydrogens (primary N) is 1. The maximum Gasteiger partial charge on any atom is 0.119 e. The molecule has 0 aliphatic rings. The van der Waals surface area contributed by atoms with Crippen LogP contribution >= 0.6 is 0 Å². The summed E-state index contributed by atoms with van der Waals surface area (Å²) in [6.07, 6.45) is 0. The highest BCUT2D eigenvalue weighted by atomic mass is 16.6. The largest absolute Gasteiger partial charge is 0.508 e. The van der Waals surface area contributed by atoms with Crippen LogP contribution in [-0.4, -0.2) is 18.3 Å². The van der Waals surface area contributed by atoms with Gasteiger partial charge in [0.25, 0.3) is 0 Å². The smallest absolute Gasteiger partial charge is 0.119 e. The summed E-state index contributed by atoms with van der Waals surface area (Å²) >= 11 is 0. The first-order valence-corrected chi connectivity index (χ1v) is 3.56. The summed E-state index contributed by atoms with van der Waals surface area (Å²) in [4.78, 5) is 4.31. The van der Waals surface area contributed by atoms with Crippen LogP contribution < -0.4 is 10.6 Å². The minimum atomic E-state index is 0.220. The second kappa shape index (κ2) is 4.58. The molecule has 12 heavy (non-hydrogen) atoms. The van der Waals surface area contributed by atoms with Gasteiger partial charge in [0.15, 0.2) is 0 Å². The lowest BCUT2D eigenvalue weighted by atomic mass is 10.3. The Bertz CT molecular complexity index is 222. The number of benzene rings is 1. The van der Waals surface area contributed by atoms with Crippen molar-refractivity contribution >= 4 is 0 Å². The van der Waals surface area contributed by atoms with Crippen LogP contribution in [0.5, 0.6) is 11.5 Å². The van der Waals surface area contributed by atoms with Crippen molar-refractivity contribution < 1.29 is 14.7 Å². The Morgan fingerprint density at radius 3 is 2.42 bits per heavy atom. The van der Waals surface area contributed by atoms with E-state index >= 15 is 0 Å². The molecule has 0 amide bonds. The molecule has 0 saturated heterocycles. The minimum absolute atomic E-state index is 0.220. The number of ether oxygens (including phenoxy) is 1. The first-order chi connectivity index (χ1) is 5.83. The van der Waals surface area contributed by atoms with E-state index in [1.165, 1.54) is 0 Å². The van der Waals surface area contributed by atoms with Gasteiger partial charge in [-0.3, -0.25) is 0 Å². The summed E-state index contributed by atoms with van der Waals surface area (Å²) in [7, 11) is 0. The van der Waals surface area contributed by atoms with Crippen molar-refractivity contribution in [3.63, 3.8) is 0 Å². The molecule has 0 spiro atoms. The Morgan fingerprint density at radius 1 is 1.17 bits per heavy atom. The van der Waals surface area contributed by atoms with Crippen LogP contribution in [-0.2, 0) is 4.84 Å². The van der Waals surface area contributed by atoms with Gasteiger partial charge in [0, 0.05) is 0 Å². The van der Waals surface area contributed by atoms with Gasteiger partial charge >= 0.3 is 0 Å². The average Bonchev–Trinajstić information content (AvgIpc) is 2.09. The second-order valence-electron chi connectivity index (χ2n) is 2.21. The zero-order valence-electron chi connectivity index (χ0n) is 6.56. The van der Waals surface area contributed by atoms with Gasteiger partial charge in [-0.05, 0) is 24.3 Å². The predicted octanol–water partition coefficient (Wildman–Crippen LogP) is 0.661. The van der Waals surface area contributed by atoms with Gasteiger partial charge in [-0.15, -0.1) is 0 Å². The number of hydrogen-bond donors (Lipinski definition) is 2. The Balaban J connectivity index is 2.37. The van der Waals surface area contributed by atoms with Gasteiger partial charge < -0.3 is 14.7 Å². The fraction of sp³-hybridized carbons (Fsp3) is 0.250. The van der Waals surface area contributed by atoms with Crippen molar-refractivity contribution in [2.75, 3.05) is 13.2 Å². The summed E-state index contributed by atoms with van der Waals surface area (Å²) in [6.45, 7) is 0.752. The van der Waals surface area contributed by atoms with Gasteiger partial charge in [0.2, 0.25) is 0 Å². The molecule has 0 saturated carbocycles. The third-order valence-corrected chi connectivity index (χ3v) is 1.31. The van der Waals surface area contributed by atoms with E-state index in [-0.39, 0.29) is 5.75 Å². The van der Waals surface area contributed by atoms with Crippen LogP contribution in [0.1, 0.15) is 0 Å². The highest BCUT2D eigenvalue weighted by Gasteiger charge is 1.92. The first kappa shape index (κ1) is 8.83. The minimum Gasteiger partial charge on any atom is -0.508 e. The van der Waals surface area contributed by atoms with E-state index in [9.17, 15) is 0 Å². The molecule has 0 radical (unpaired) electrons. The Kier molecular flexibility index (Phi) is 3.37. The second-order valence-corrected chi connectivity index (χ2v) is 2.21. The van der Waals surface area contributed by atoms with Gasteiger partial charge in [0.05, 0.1) is 0 Å². The zero-order chi connectivity index (χ0) is 8.81. The van der Waals surface area contributed by atoms with Crippen molar-refractivity contribution in [1.29, 1.82) is 0 Å². The molecule has 3 N–H and O–H groups in total. The first-order valence-electron chi connectivity index (χ1n) is 3.56. The maximum absolute atomic E-state index is 8.93. The maximum atomic E-state index is 8.93. The van der Waals surface area contributed by atoms with Gasteiger partial charge in [-0.2, -0.15) is 0 Å². The molecule has 1 rings (SSSR count). The van der Waals surface area contributed by atoms with Crippen molar-refractivity contribution in [1.82, 2.24) is 0 Å². The van der Waals surface area contributed by atoms with Gasteiger partial charge in [0.1, 0.15) is 24.7 Å².